The quantitative estimate of drug-likeness (QED) is 0.456. The number of nitro benzene ring substituents is 1. The Morgan fingerprint density at radius 3 is 2.28 bits per heavy atom. The van der Waals surface area contributed by atoms with Crippen LogP contribution in [-0.4, -0.2) is 40.6 Å². The second-order valence-corrected chi connectivity index (χ2v) is 7.70. The molecule has 1 saturated carbocycles. The van der Waals surface area contributed by atoms with Gasteiger partial charge in [0.1, 0.15) is 5.69 Å². The molecular formula is C22H23N3O4. The number of carbonyl (C=O) groups excluding carboxylic acids is 2. The van der Waals surface area contributed by atoms with E-state index in [9.17, 15) is 19.7 Å². The lowest BCUT2D eigenvalue weighted by Gasteiger charge is -2.31. The van der Waals surface area contributed by atoms with E-state index < -0.39 is 4.92 Å². The molecule has 0 unspecified atom stereocenters. The van der Waals surface area contributed by atoms with Gasteiger partial charge in [0.25, 0.3) is 11.6 Å². The fraction of sp³-hybridized carbons (Fsp3) is 0.364. The van der Waals surface area contributed by atoms with E-state index in [-0.39, 0.29) is 29.3 Å². The molecule has 1 aliphatic carbocycles. The Balaban J connectivity index is 1.42. The largest absolute Gasteiger partial charge is 0.377 e. The molecule has 2 aromatic carbocycles. The van der Waals surface area contributed by atoms with Gasteiger partial charge in [-0.05, 0) is 37.8 Å². The first-order valence-corrected chi connectivity index (χ1v) is 9.96. The van der Waals surface area contributed by atoms with Crippen molar-refractivity contribution >= 4 is 23.1 Å². The molecule has 1 amide bonds. The van der Waals surface area contributed by atoms with Gasteiger partial charge in [0.15, 0.2) is 5.78 Å². The van der Waals surface area contributed by atoms with Crippen LogP contribution in [0.1, 0.15) is 46.4 Å². The second-order valence-electron chi connectivity index (χ2n) is 7.70. The molecule has 1 heterocycles. The average molecular weight is 393 g/mol. The van der Waals surface area contributed by atoms with E-state index in [1.807, 2.05) is 30.3 Å². The van der Waals surface area contributed by atoms with Crippen LogP contribution in [0.4, 0.5) is 11.4 Å². The molecule has 7 heteroatoms. The lowest BCUT2D eigenvalue weighted by atomic mass is 9.88. The summed E-state index contributed by atoms with van der Waals surface area (Å²) in [6, 6.07) is 14.1. The molecule has 150 valence electrons. The van der Waals surface area contributed by atoms with Gasteiger partial charge in [-0.25, -0.2) is 0 Å². The molecule has 0 aromatic heterocycles. The summed E-state index contributed by atoms with van der Waals surface area (Å²) in [5.74, 6) is -0.207. The van der Waals surface area contributed by atoms with Crippen LogP contribution < -0.4 is 5.32 Å². The van der Waals surface area contributed by atoms with Crippen LogP contribution in [0, 0.1) is 16.0 Å². The van der Waals surface area contributed by atoms with Crippen LogP contribution in [0.25, 0.3) is 0 Å². The zero-order valence-corrected chi connectivity index (χ0v) is 16.0. The van der Waals surface area contributed by atoms with Gasteiger partial charge in [0.2, 0.25) is 0 Å². The minimum Gasteiger partial charge on any atom is -0.377 e. The van der Waals surface area contributed by atoms with Crippen molar-refractivity contribution in [3.63, 3.8) is 0 Å². The first-order valence-electron chi connectivity index (χ1n) is 9.96. The number of hydrogen-bond acceptors (Lipinski definition) is 5. The number of anilines is 1. The first kappa shape index (κ1) is 19.1. The summed E-state index contributed by atoms with van der Waals surface area (Å²) in [6.07, 6.45) is 3.22. The Bertz CT molecular complexity index is 932. The van der Waals surface area contributed by atoms with E-state index in [4.69, 9.17) is 0 Å². The maximum atomic E-state index is 12.9. The Labute approximate surface area is 168 Å². The Morgan fingerprint density at radius 1 is 0.966 bits per heavy atom. The van der Waals surface area contributed by atoms with Crippen molar-refractivity contribution in [2.24, 2.45) is 5.92 Å². The van der Waals surface area contributed by atoms with Crippen LogP contribution in [0.3, 0.4) is 0 Å². The predicted octanol–water partition coefficient (Wildman–Crippen LogP) is 3.90. The van der Waals surface area contributed by atoms with E-state index in [1.54, 1.807) is 17.0 Å². The topological polar surface area (TPSA) is 92.6 Å². The van der Waals surface area contributed by atoms with Crippen LogP contribution >= 0.6 is 0 Å². The molecule has 29 heavy (non-hydrogen) atoms. The molecule has 1 saturated heterocycles. The lowest BCUT2D eigenvalue weighted by molar-refractivity contribution is -0.384. The monoisotopic (exact) mass is 393 g/mol. The summed E-state index contributed by atoms with van der Waals surface area (Å²) in [6.45, 7) is 0.940. The number of rotatable bonds is 6. The summed E-state index contributed by atoms with van der Waals surface area (Å²) in [5, 5.41) is 14.6. The highest BCUT2D eigenvalue weighted by Crippen LogP contribution is 2.32. The van der Waals surface area contributed by atoms with Crippen LogP contribution in [0.2, 0.25) is 0 Å². The van der Waals surface area contributed by atoms with Crippen molar-refractivity contribution in [3.8, 4) is 0 Å². The van der Waals surface area contributed by atoms with Crippen molar-refractivity contribution < 1.29 is 14.5 Å². The van der Waals surface area contributed by atoms with Gasteiger partial charge >= 0.3 is 0 Å². The number of benzene rings is 2. The highest BCUT2D eigenvalue weighted by molar-refractivity contribution is 5.98. The highest BCUT2D eigenvalue weighted by atomic mass is 16.6. The third-order valence-corrected chi connectivity index (χ3v) is 5.59. The number of amides is 1. The number of Topliss-reactive ketones (excluding diaryl/α,β-unsaturated/α-hetero) is 1. The SMILES string of the molecule is O=C(c1ccccc1)C1CCN(C(=O)c2ccc(NC3CC3)c([N+](=O)[O-])c2)CC1. The maximum Gasteiger partial charge on any atom is 0.293 e. The number of hydrogen-bond donors (Lipinski definition) is 1. The summed E-state index contributed by atoms with van der Waals surface area (Å²) in [5.41, 5.74) is 1.40. The van der Waals surface area contributed by atoms with Crippen molar-refractivity contribution in [1.82, 2.24) is 4.90 Å². The van der Waals surface area contributed by atoms with Gasteiger partial charge in [0.05, 0.1) is 4.92 Å². The molecule has 2 aromatic rings. The molecular weight excluding hydrogens is 370 g/mol. The van der Waals surface area contributed by atoms with Gasteiger partial charge in [-0.3, -0.25) is 19.7 Å². The van der Waals surface area contributed by atoms with Gasteiger partial charge in [-0.1, -0.05) is 30.3 Å². The van der Waals surface area contributed by atoms with Crippen LogP contribution in [-0.2, 0) is 0 Å². The second kappa shape index (κ2) is 8.03. The summed E-state index contributed by atoms with van der Waals surface area (Å²) in [7, 11) is 0. The predicted molar refractivity (Wildman–Crippen MR) is 109 cm³/mol. The summed E-state index contributed by atoms with van der Waals surface area (Å²) in [4.78, 5) is 38.1. The molecule has 1 N–H and O–H groups in total. The standard InChI is InChI=1S/C22H23N3O4/c26-21(15-4-2-1-3-5-15)16-10-12-24(13-11-16)22(27)17-6-9-19(23-18-7-8-18)20(14-17)25(28)29/h1-6,9,14,16,18,23H,7-8,10-13H2. The molecule has 0 atom stereocenters. The van der Waals surface area contributed by atoms with Crippen LogP contribution in [0.15, 0.2) is 48.5 Å². The Morgan fingerprint density at radius 2 is 1.66 bits per heavy atom. The van der Waals surface area contributed by atoms with Crippen molar-refractivity contribution in [1.29, 1.82) is 0 Å². The third kappa shape index (κ3) is 4.29. The molecule has 2 fully saturated rings. The zero-order valence-electron chi connectivity index (χ0n) is 16.0. The van der Waals surface area contributed by atoms with Crippen molar-refractivity contribution in [3.05, 3.63) is 69.8 Å². The molecule has 1 aliphatic heterocycles. The van der Waals surface area contributed by atoms with E-state index >= 15 is 0 Å². The van der Waals surface area contributed by atoms with E-state index in [0.29, 0.717) is 42.7 Å². The number of piperidine rings is 1. The van der Waals surface area contributed by atoms with Crippen LogP contribution in [0.5, 0.6) is 0 Å². The number of likely N-dealkylation sites (tertiary alicyclic amines) is 1. The fourth-order valence-electron chi connectivity index (χ4n) is 3.75. The number of carbonyl (C=O) groups is 2. The Kier molecular flexibility index (Phi) is 5.29. The zero-order chi connectivity index (χ0) is 20.4. The summed E-state index contributed by atoms with van der Waals surface area (Å²) >= 11 is 0. The number of nitro groups is 1. The molecule has 2 aliphatic rings. The van der Waals surface area contributed by atoms with Crippen molar-refractivity contribution in [2.75, 3.05) is 18.4 Å². The third-order valence-electron chi connectivity index (χ3n) is 5.59. The fourth-order valence-corrected chi connectivity index (χ4v) is 3.75. The molecule has 0 radical (unpaired) electrons. The van der Waals surface area contributed by atoms with E-state index in [0.717, 1.165) is 12.8 Å². The molecule has 0 spiro atoms. The number of ketones is 1. The van der Waals surface area contributed by atoms with Gasteiger partial charge < -0.3 is 10.2 Å². The molecule has 7 nitrogen and oxygen atoms in total. The lowest BCUT2D eigenvalue weighted by Crippen LogP contribution is -2.40. The maximum absolute atomic E-state index is 12.9. The van der Waals surface area contributed by atoms with E-state index in [1.165, 1.54) is 6.07 Å². The van der Waals surface area contributed by atoms with Gasteiger partial charge in [-0.2, -0.15) is 0 Å². The molecule has 4 rings (SSSR count). The Hall–Kier alpha value is -3.22. The first-order chi connectivity index (χ1) is 14.0. The number of nitrogens with one attached hydrogen (secondary N) is 1. The number of nitrogens with zero attached hydrogens (tertiary/aromatic N) is 2. The minimum absolute atomic E-state index is 0.0723. The molecule has 0 bridgehead atoms. The smallest absolute Gasteiger partial charge is 0.293 e. The van der Waals surface area contributed by atoms with Gasteiger partial charge in [0, 0.05) is 42.2 Å². The minimum atomic E-state index is -0.452. The van der Waals surface area contributed by atoms with Gasteiger partial charge in [-0.15, -0.1) is 0 Å². The van der Waals surface area contributed by atoms with E-state index in [2.05, 4.69) is 5.32 Å². The average Bonchev–Trinajstić information content (AvgIpc) is 3.57. The highest BCUT2D eigenvalue weighted by Gasteiger charge is 2.30. The summed E-state index contributed by atoms with van der Waals surface area (Å²) < 4.78 is 0. The van der Waals surface area contributed by atoms with Crippen molar-refractivity contribution in [2.45, 2.75) is 31.7 Å². The normalized spacial score (nSPS) is 17.0.